The van der Waals surface area contributed by atoms with Crippen molar-refractivity contribution in [1.29, 1.82) is 0 Å². The summed E-state index contributed by atoms with van der Waals surface area (Å²) in [5.41, 5.74) is 0.614. The Labute approximate surface area is 165 Å². The van der Waals surface area contributed by atoms with E-state index in [1.165, 1.54) is 16.8 Å². The molecule has 8 heteroatoms. The summed E-state index contributed by atoms with van der Waals surface area (Å²) in [7, 11) is 0. The molecule has 2 aromatic carbocycles. The van der Waals surface area contributed by atoms with Crippen LogP contribution in [0, 0.1) is 0 Å². The number of carbonyl (C=O) groups excluding carboxylic acids is 1. The van der Waals surface area contributed by atoms with Crippen LogP contribution in [0.2, 0.25) is 5.02 Å². The number of H-pyrrole nitrogens is 1. The zero-order chi connectivity index (χ0) is 19.9. The number of hydrogen-bond acceptors (Lipinski definition) is 4. The van der Waals surface area contributed by atoms with Crippen LogP contribution in [0.1, 0.15) is 12.0 Å². The van der Waals surface area contributed by atoms with Gasteiger partial charge in [0.25, 0.3) is 5.56 Å². The number of ether oxygens (including phenoxy) is 1. The lowest BCUT2D eigenvalue weighted by Gasteiger charge is -2.09. The minimum atomic E-state index is -0.539. The highest BCUT2D eigenvalue weighted by Gasteiger charge is 2.05. The highest BCUT2D eigenvalue weighted by atomic mass is 35.5. The Bertz CT molecular complexity index is 1060. The Morgan fingerprint density at radius 2 is 1.75 bits per heavy atom. The van der Waals surface area contributed by atoms with Gasteiger partial charge in [0.15, 0.2) is 0 Å². The summed E-state index contributed by atoms with van der Waals surface area (Å²) in [6.07, 6.45) is 1.46. The number of rotatable bonds is 7. The third kappa shape index (κ3) is 5.59. The molecular formula is C20H18ClN3O4. The van der Waals surface area contributed by atoms with E-state index in [0.717, 1.165) is 5.56 Å². The molecule has 28 heavy (non-hydrogen) atoms. The van der Waals surface area contributed by atoms with Crippen LogP contribution in [0.4, 0.5) is 5.69 Å². The molecule has 1 heterocycles. The van der Waals surface area contributed by atoms with Crippen molar-refractivity contribution in [2.24, 2.45) is 0 Å². The molecule has 1 aromatic heterocycles. The number of aryl methyl sites for hydroxylation is 1. The Hall–Kier alpha value is -3.32. The van der Waals surface area contributed by atoms with Crippen molar-refractivity contribution in [2.75, 3.05) is 5.32 Å². The third-order valence-corrected chi connectivity index (χ3v) is 4.19. The van der Waals surface area contributed by atoms with Gasteiger partial charge in [0.05, 0.1) is 0 Å². The van der Waals surface area contributed by atoms with E-state index in [4.69, 9.17) is 16.3 Å². The maximum atomic E-state index is 12.0. The van der Waals surface area contributed by atoms with Gasteiger partial charge in [0, 0.05) is 35.9 Å². The fourth-order valence-electron chi connectivity index (χ4n) is 2.45. The van der Waals surface area contributed by atoms with Crippen LogP contribution in [0.15, 0.2) is 70.4 Å². The second-order valence-electron chi connectivity index (χ2n) is 6.04. The molecule has 0 aliphatic rings. The van der Waals surface area contributed by atoms with Crippen molar-refractivity contribution in [3.8, 4) is 5.75 Å². The molecule has 0 spiro atoms. The van der Waals surface area contributed by atoms with Crippen LogP contribution in [0.25, 0.3) is 0 Å². The minimum absolute atomic E-state index is 0.0980. The normalized spacial score (nSPS) is 10.5. The lowest BCUT2D eigenvalue weighted by Crippen LogP contribution is -2.29. The molecule has 3 aromatic rings. The zero-order valence-electron chi connectivity index (χ0n) is 14.9. The number of aromatic amines is 1. The monoisotopic (exact) mass is 399 g/mol. The summed E-state index contributed by atoms with van der Waals surface area (Å²) in [4.78, 5) is 36.8. The number of aromatic nitrogens is 2. The molecule has 0 saturated carbocycles. The van der Waals surface area contributed by atoms with E-state index in [1.54, 1.807) is 36.4 Å². The summed E-state index contributed by atoms with van der Waals surface area (Å²) >= 11 is 5.85. The van der Waals surface area contributed by atoms with Gasteiger partial charge < -0.3 is 14.6 Å². The van der Waals surface area contributed by atoms with Gasteiger partial charge in [-0.1, -0.05) is 23.7 Å². The van der Waals surface area contributed by atoms with Gasteiger partial charge in [-0.05, 0) is 42.0 Å². The SMILES string of the molecule is O=C(CCn1ccc(=O)[nH]c1=O)Nc1ccc(OCc2ccc(Cl)cc2)cc1. The molecule has 2 N–H and O–H groups in total. The highest BCUT2D eigenvalue weighted by Crippen LogP contribution is 2.18. The standard InChI is InChI=1S/C20H18ClN3O4/c21-15-3-1-14(2-4-15)13-28-17-7-5-16(6-8-17)22-18(25)9-11-24-12-10-19(26)23-20(24)27/h1-8,10,12H,9,11,13H2,(H,22,25)(H,23,26,27). The lowest BCUT2D eigenvalue weighted by molar-refractivity contribution is -0.116. The van der Waals surface area contributed by atoms with E-state index in [-0.39, 0.29) is 18.9 Å². The van der Waals surface area contributed by atoms with Gasteiger partial charge in [0.2, 0.25) is 5.91 Å². The number of hydrogen-bond donors (Lipinski definition) is 2. The topological polar surface area (TPSA) is 93.2 Å². The van der Waals surface area contributed by atoms with E-state index < -0.39 is 11.2 Å². The van der Waals surface area contributed by atoms with Gasteiger partial charge in [0.1, 0.15) is 12.4 Å². The van der Waals surface area contributed by atoms with Crippen molar-refractivity contribution >= 4 is 23.2 Å². The number of nitrogens with zero attached hydrogens (tertiary/aromatic N) is 1. The number of carbonyl (C=O) groups is 1. The number of amides is 1. The lowest BCUT2D eigenvalue weighted by atomic mass is 10.2. The fourth-order valence-corrected chi connectivity index (χ4v) is 2.57. The van der Waals surface area contributed by atoms with Crippen molar-refractivity contribution in [1.82, 2.24) is 9.55 Å². The molecule has 3 rings (SSSR count). The molecule has 0 radical (unpaired) electrons. The van der Waals surface area contributed by atoms with Crippen molar-refractivity contribution in [3.63, 3.8) is 0 Å². The van der Waals surface area contributed by atoms with Crippen LogP contribution in [-0.4, -0.2) is 15.5 Å². The summed E-state index contributed by atoms with van der Waals surface area (Å²) < 4.78 is 6.97. The minimum Gasteiger partial charge on any atom is -0.489 e. The predicted octanol–water partition coefficient (Wildman–Crippen LogP) is 2.80. The van der Waals surface area contributed by atoms with E-state index in [2.05, 4.69) is 10.3 Å². The number of anilines is 1. The Morgan fingerprint density at radius 3 is 2.43 bits per heavy atom. The average Bonchev–Trinajstić information content (AvgIpc) is 2.68. The van der Waals surface area contributed by atoms with E-state index >= 15 is 0 Å². The largest absolute Gasteiger partial charge is 0.489 e. The first-order chi connectivity index (χ1) is 13.5. The molecule has 144 valence electrons. The summed E-state index contributed by atoms with van der Waals surface area (Å²) in [5, 5.41) is 3.43. The van der Waals surface area contributed by atoms with Crippen LogP contribution in [-0.2, 0) is 17.9 Å². The molecule has 0 unspecified atom stereocenters. The molecule has 0 atom stereocenters. The first kappa shape index (κ1) is 19.4. The van der Waals surface area contributed by atoms with E-state index in [0.29, 0.717) is 23.1 Å². The van der Waals surface area contributed by atoms with Gasteiger partial charge in [-0.15, -0.1) is 0 Å². The molecule has 0 aliphatic heterocycles. The molecule has 0 aliphatic carbocycles. The Morgan fingerprint density at radius 1 is 1.04 bits per heavy atom. The molecule has 0 fully saturated rings. The van der Waals surface area contributed by atoms with Crippen molar-refractivity contribution < 1.29 is 9.53 Å². The second-order valence-corrected chi connectivity index (χ2v) is 6.48. The first-order valence-electron chi connectivity index (χ1n) is 8.56. The van der Waals surface area contributed by atoms with Gasteiger partial charge in [-0.25, -0.2) is 4.79 Å². The van der Waals surface area contributed by atoms with Crippen molar-refractivity contribution in [3.05, 3.63) is 92.2 Å². The number of nitrogens with one attached hydrogen (secondary N) is 2. The summed E-state index contributed by atoms with van der Waals surface area (Å²) in [5.74, 6) is 0.431. The van der Waals surface area contributed by atoms with Crippen LogP contribution in [0.5, 0.6) is 5.75 Å². The maximum absolute atomic E-state index is 12.0. The molecule has 1 amide bonds. The second kappa shape index (κ2) is 9.05. The average molecular weight is 400 g/mol. The summed E-state index contributed by atoms with van der Waals surface area (Å²) in [6, 6.07) is 15.6. The van der Waals surface area contributed by atoms with Crippen LogP contribution < -0.4 is 21.3 Å². The van der Waals surface area contributed by atoms with Crippen LogP contribution in [0.3, 0.4) is 0 Å². The predicted molar refractivity (Wildman–Crippen MR) is 107 cm³/mol. The van der Waals surface area contributed by atoms with Gasteiger partial charge in [-0.3, -0.25) is 14.6 Å². The zero-order valence-corrected chi connectivity index (χ0v) is 15.6. The fraction of sp³-hybridized carbons (Fsp3) is 0.150. The van der Waals surface area contributed by atoms with Crippen LogP contribution >= 0.6 is 11.6 Å². The molecule has 0 bridgehead atoms. The van der Waals surface area contributed by atoms with E-state index in [9.17, 15) is 14.4 Å². The van der Waals surface area contributed by atoms with Crippen molar-refractivity contribution in [2.45, 2.75) is 19.6 Å². The van der Waals surface area contributed by atoms with E-state index in [1.807, 2.05) is 12.1 Å². The Balaban J connectivity index is 1.49. The summed E-state index contributed by atoms with van der Waals surface area (Å²) in [6.45, 7) is 0.584. The molecule has 7 nitrogen and oxygen atoms in total. The molecule has 0 saturated heterocycles. The Kier molecular flexibility index (Phi) is 6.29. The smallest absolute Gasteiger partial charge is 0.328 e. The first-order valence-corrected chi connectivity index (χ1v) is 8.94. The quantitative estimate of drug-likeness (QED) is 0.638. The molecular weight excluding hydrogens is 382 g/mol. The number of halogens is 1. The van der Waals surface area contributed by atoms with Gasteiger partial charge in [-0.2, -0.15) is 0 Å². The highest BCUT2D eigenvalue weighted by molar-refractivity contribution is 6.30. The number of benzene rings is 2. The third-order valence-electron chi connectivity index (χ3n) is 3.93. The maximum Gasteiger partial charge on any atom is 0.328 e. The van der Waals surface area contributed by atoms with Gasteiger partial charge >= 0.3 is 5.69 Å².